The second-order valence-electron chi connectivity index (χ2n) is 4.48. The number of hydrogen-bond donors (Lipinski definition) is 1. The first-order valence-corrected chi connectivity index (χ1v) is 6.63. The van der Waals surface area contributed by atoms with E-state index >= 15 is 0 Å². The van der Waals surface area contributed by atoms with E-state index in [0.29, 0.717) is 5.69 Å². The third-order valence-electron chi connectivity index (χ3n) is 2.36. The Morgan fingerprint density at radius 1 is 1.30 bits per heavy atom. The first kappa shape index (κ1) is 16.2. The zero-order valence-electron chi connectivity index (χ0n) is 11.7. The average molecular weight is 296 g/mol. The zero-order chi connectivity index (χ0) is 15.3. The summed E-state index contributed by atoms with van der Waals surface area (Å²) >= 11 is 0.950. The highest BCUT2D eigenvalue weighted by atomic mass is 32.2. The fourth-order valence-corrected chi connectivity index (χ4v) is 2.24. The van der Waals surface area contributed by atoms with Crippen molar-refractivity contribution in [2.24, 2.45) is 0 Å². The number of anilines is 1. The molecule has 20 heavy (non-hydrogen) atoms. The Labute approximate surface area is 121 Å². The number of nitrogens with one attached hydrogen (secondary N) is 1. The number of methoxy groups -OCH3 is 1. The highest BCUT2D eigenvalue weighted by molar-refractivity contribution is 8.15. The molecule has 0 aliphatic heterocycles. The van der Waals surface area contributed by atoms with Crippen molar-refractivity contribution in [3.63, 3.8) is 0 Å². The van der Waals surface area contributed by atoms with E-state index < -0.39 is 10.7 Å². The van der Waals surface area contributed by atoms with Gasteiger partial charge in [0.15, 0.2) is 5.12 Å². The minimum Gasteiger partial charge on any atom is -0.464 e. The van der Waals surface area contributed by atoms with Crippen LogP contribution in [0.25, 0.3) is 0 Å². The van der Waals surface area contributed by atoms with Gasteiger partial charge in [0.05, 0.1) is 23.7 Å². The van der Waals surface area contributed by atoms with Gasteiger partial charge in [-0.1, -0.05) is 11.8 Å². The smallest absolute Gasteiger partial charge is 0.356 e. The molecule has 7 heteroatoms. The van der Waals surface area contributed by atoms with Crippen molar-refractivity contribution in [2.75, 3.05) is 12.4 Å². The summed E-state index contributed by atoms with van der Waals surface area (Å²) in [6.07, 6.45) is 1.36. The molecule has 0 unspecified atom stereocenters. The summed E-state index contributed by atoms with van der Waals surface area (Å²) in [4.78, 5) is 38.2. The van der Waals surface area contributed by atoms with Crippen LogP contribution in [0.2, 0.25) is 0 Å². The zero-order valence-corrected chi connectivity index (χ0v) is 12.5. The van der Waals surface area contributed by atoms with Crippen molar-refractivity contribution >= 4 is 34.4 Å². The van der Waals surface area contributed by atoms with Crippen molar-refractivity contribution < 1.29 is 19.1 Å². The Bertz CT molecular complexity index is 526. The molecule has 0 aliphatic carbocycles. The van der Waals surface area contributed by atoms with Gasteiger partial charge in [0, 0.05) is 6.92 Å². The van der Waals surface area contributed by atoms with Crippen LogP contribution in [0.3, 0.4) is 0 Å². The Morgan fingerprint density at radius 3 is 2.40 bits per heavy atom. The van der Waals surface area contributed by atoms with E-state index in [2.05, 4.69) is 15.0 Å². The van der Waals surface area contributed by atoms with Gasteiger partial charge in [-0.15, -0.1) is 0 Å². The van der Waals surface area contributed by atoms with Crippen LogP contribution in [0.15, 0.2) is 18.3 Å². The molecule has 0 aliphatic rings. The standard InChI is InChI=1S/C13H16N2O4S/c1-8(16)20-13(2,3)12(18)15-9-5-6-10(14-7-9)11(17)19-4/h5-7H,1-4H3,(H,15,18). The summed E-state index contributed by atoms with van der Waals surface area (Å²) in [6, 6.07) is 3.00. The predicted octanol–water partition coefficient (Wildman–Crippen LogP) is 1.86. The van der Waals surface area contributed by atoms with Gasteiger partial charge in [-0.3, -0.25) is 9.59 Å². The average Bonchev–Trinajstić information content (AvgIpc) is 2.37. The largest absolute Gasteiger partial charge is 0.464 e. The summed E-state index contributed by atoms with van der Waals surface area (Å²) in [5, 5.41) is 2.51. The van der Waals surface area contributed by atoms with Gasteiger partial charge in [-0.25, -0.2) is 9.78 Å². The molecule has 0 saturated carbocycles. The summed E-state index contributed by atoms with van der Waals surface area (Å²) in [5.41, 5.74) is 0.600. The maximum atomic E-state index is 12.0. The lowest BCUT2D eigenvalue weighted by molar-refractivity contribution is -0.118. The molecule has 1 N–H and O–H groups in total. The SMILES string of the molecule is COC(=O)c1ccc(NC(=O)C(C)(C)SC(C)=O)cn1. The molecule has 1 amide bonds. The number of nitrogens with zero attached hydrogens (tertiary/aromatic N) is 1. The molecule has 1 rings (SSSR count). The van der Waals surface area contributed by atoms with Gasteiger partial charge in [0.1, 0.15) is 5.69 Å². The van der Waals surface area contributed by atoms with Crippen LogP contribution in [-0.4, -0.2) is 33.8 Å². The Kier molecular flexibility index (Phi) is 5.26. The molecule has 0 spiro atoms. The second-order valence-corrected chi connectivity index (χ2v) is 6.28. The number of hydrogen-bond acceptors (Lipinski definition) is 6. The predicted molar refractivity (Wildman–Crippen MR) is 76.6 cm³/mol. The topological polar surface area (TPSA) is 85.4 Å². The first-order chi connectivity index (χ1) is 9.26. The van der Waals surface area contributed by atoms with Gasteiger partial charge < -0.3 is 10.1 Å². The number of carbonyl (C=O) groups is 3. The number of thioether (sulfide) groups is 1. The lowest BCUT2D eigenvalue weighted by atomic mass is 10.2. The quantitative estimate of drug-likeness (QED) is 0.854. The van der Waals surface area contributed by atoms with Gasteiger partial charge in [0.25, 0.3) is 0 Å². The van der Waals surface area contributed by atoms with Gasteiger partial charge in [-0.2, -0.15) is 0 Å². The van der Waals surface area contributed by atoms with Crippen molar-refractivity contribution in [1.82, 2.24) is 4.98 Å². The van der Waals surface area contributed by atoms with E-state index in [0.717, 1.165) is 11.8 Å². The molecule has 0 aromatic carbocycles. The Hall–Kier alpha value is -1.89. The molecule has 0 atom stereocenters. The fourth-order valence-electron chi connectivity index (χ4n) is 1.38. The maximum Gasteiger partial charge on any atom is 0.356 e. The van der Waals surface area contributed by atoms with Crippen molar-refractivity contribution in [2.45, 2.75) is 25.5 Å². The molecule has 0 fully saturated rings. The molecule has 0 saturated heterocycles. The number of amides is 1. The van der Waals surface area contributed by atoms with E-state index in [1.165, 1.54) is 26.3 Å². The number of aromatic nitrogens is 1. The number of ether oxygens (including phenoxy) is 1. The summed E-state index contributed by atoms with van der Waals surface area (Å²) in [5.74, 6) is -0.861. The minimum absolute atomic E-state index is 0.135. The summed E-state index contributed by atoms with van der Waals surface area (Å²) in [7, 11) is 1.27. The highest BCUT2D eigenvalue weighted by Crippen LogP contribution is 2.26. The third kappa shape index (κ3) is 4.34. The minimum atomic E-state index is -0.882. The van der Waals surface area contributed by atoms with E-state index in [9.17, 15) is 14.4 Å². The van der Waals surface area contributed by atoms with Crippen molar-refractivity contribution in [1.29, 1.82) is 0 Å². The molecular formula is C13H16N2O4S. The van der Waals surface area contributed by atoms with Crippen LogP contribution in [0, 0.1) is 0 Å². The number of carbonyl (C=O) groups excluding carboxylic acids is 3. The van der Waals surface area contributed by atoms with Crippen LogP contribution in [-0.2, 0) is 14.3 Å². The summed E-state index contributed by atoms with van der Waals surface area (Å²) < 4.78 is 3.64. The lowest BCUT2D eigenvalue weighted by Crippen LogP contribution is -2.35. The fraction of sp³-hybridized carbons (Fsp3) is 0.385. The van der Waals surface area contributed by atoms with E-state index in [1.54, 1.807) is 19.9 Å². The van der Waals surface area contributed by atoms with Gasteiger partial charge in [0.2, 0.25) is 5.91 Å². The molecule has 108 valence electrons. The second kappa shape index (κ2) is 6.51. The van der Waals surface area contributed by atoms with Crippen molar-refractivity contribution in [3.05, 3.63) is 24.0 Å². The van der Waals surface area contributed by atoms with Crippen LogP contribution in [0.4, 0.5) is 5.69 Å². The van der Waals surface area contributed by atoms with Crippen LogP contribution in [0.1, 0.15) is 31.3 Å². The molecule has 1 aromatic rings. The highest BCUT2D eigenvalue weighted by Gasteiger charge is 2.30. The summed E-state index contributed by atoms with van der Waals surface area (Å²) in [6.45, 7) is 4.72. The van der Waals surface area contributed by atoms with Crippen LogP contribution >= 0.6 is 11.8 Å². The molecule has 6 nitrogen and oxygen atoms in total. The number of esters is 1. The monoisotopic (exact) mass is 296 g/mol. The van der Waals surface area contributed by atoms with E-state index in [-0.39, 0.29) is 16.7 Å². The van der Waals surface area contributed by atoms with E-state index in [1.807, 2.05) is 0 Å². The number of rotatable bonds is 4. The number of pyridine rings is 1. The molecule has 1 heterocycles. The van der Waals surface area contributed by atoms with E-state index in [4.69, 9.17) is 0 Å². The van der Waals surface area contributed by atoms with Crippen molar-refractivity contribution in [3.8, 4) is 0 Å². The van der Waals surface area contributed by atoms with Crippen LogP contribution < -0.4 is 5.32 Å². The molecule has 1 aromatic heterocycles. The normalized spacial score (nSPS) is 10.8. The lowest BCUT2D eigenvalue weighted by Gasteiger charge is -2.21. The Balaban J connectivity index is 2.76. The maximum absolute atomic E-state index is 12.0. The van der Waals surface area contributed by atoms with Gasteiger partial charge >= 0.3 is 5.97 Å². The Morgan fingerprint density at radius 2 is 1.95 bits per heavy atom. The third-order valence-corrected chi connectivity index (χ3v) is 3.34. The van der Waals surface area contributed by atoms with Gasteiger partial charge in [-0.05, 0) is 26.0 Å². The first-order valence-electron chi connectivity index (χ1n) is 5.81. The molecular weight excluding hydrogens is 280 g/mol. The molecule has 0 bridgehead atoms. The van der Waals surface area contributed by atoms with Crippen LogP contribution in [0.5, 0.6) is 0 Å². The molecule has 0 radical (unpaired) electrons.